The Morgan fingerprint density at radius 3 is 2.36 bits per heavy atom. The maximum Gasteiger partial charge on any atom is 0.387 e. The highest BCUT2D eigenvalue weighted by Crippen LogP contribution is 2.33. The molecule has 0 heterocycles. The number of hydrogen-bond acceptors (Lipinski definition) is 5. The van der Waals surface area contributed by atoms with Gasteiger partial charge in [0.25, 0.3) is 0 Å². The number of nitrogens with zero attached hydrogens (tertiary/aromatic N) is 1. The first-order valence-corrected chi connectivity index (χ1v) is 7.93. The molecule has 0 aromatic heterocycles. The van der Waals surface area contributed by atoms with Crippen LogP contribution in [0.1, 0.15) is 11.1 Å². The zero-order valence-electron chi connectivity index (χ0n) is 13.5. The lowest BCUT2D eigenvalue weighted by Gasteiger charge is -2.11. The number of benzene rings is 2. The van der Waals surface area contributed by atoms with Crippen LogP contribution in [0.25, 0.3) is 0 Å². The fourth-order valence-corrected chi connectivity index (χ4v) is 2.46. The second-order valence-electron chi connectivity index (χ2n) is 4.75. The molecule has 25 heavy (non-hydrogen) atoms. The maximum absolute atomic E-state index is 12.1. The minimum atomic E-state index is -2.85. The Kier molecular flexibility index (Phi) is 7.00. The van der Waals surface area contributed by atoms with Gasteiger partial charge in [-0.1, -0.05) is 5.16 Å². The molecular weight excluding hydrogens is 400 g/mol. The van der Waals surface area contributed by atoms with Crippen LogP contribution in [-0.4, -0.2) is 27.0 Å². The van der Waals surface area contributed by atoms with Gasteiger partial charge in [0, 0.05) is 5.56 Å². The van der Waals surface area contributed by atoms with Gasteiger partial charge in [0.1, 0.15) is 23.9 Å². The van der Waals surface area contributed by atoms with E-state index in [9.17, 15) is 8.78 Å². The van der Waals surface area contributed by atoms with Crippen molar-refractivity contribution in [1.82, 2.24) is 0 Å². The first-order valence-electron chi connectivity index (χ1n) is 7.14. The number of ether oxygens (including phenoxy) is 3. The van der Waals surface area contributed by atoms with Crippen molar-refractivity contribution >= 4 is 22.1 Å². The Bertz CT molecular complexity index is 723. The number of hydrogen-bond donors (Lipinski definition) is 0. The summed E-state index contributed by atoms with van der Waals surface area (Å²) < 4.78 is 39.7. The van der Waals surface area contributed by atoms with Gasteiger partial charge in [-0.05, 0) is 57.9 Å². The molecule has 0 aliphatic carbocycles. The summed E-state index contributed by atoms with van der Waals surface area (Å²) >= 11 is 3.38. The van der Waals surface area contributed by atoms with Crippen LogP contribution in [0.2, 0.25) is 0 Å². The second-order valence-corrected chi connectivity index (χ2v) is 5.61. The zero-order valence-corrected chi connectivity index (χ0v) is 15.1. The van der Waals surface area contributed by atoms with Gasteiger partial charge in [-0.15, -0.1) is 0 Å². The molecule has 0 aliphatic heterocycles. The lowest BCUT2D eigenvalue weighted by Crippen LogP contribution is -2.01. The Morgan fingerprint density at radius 1 is 1.08 bits per heavy atom. The van der Waals surface area contributed by atoms with E-state index in [0.29, 0.717) is 17.1 Å². The third-order valence-corrected chi connectivity index (χ3v) is 3.78. The molecule has 0 spiro atoms. The van der Waals surface area contributed by atoms with Gasteiger partial charge < -0.3 is 19.0 Å². The number of halogens is 3. The zero-order chi connectivity index (χ0) is 18.2. The van der Waals surface area contributed by atoms with Crippen molar-refractivity contribution in [2.24, 2.45) is 5.16 Å². The van der Waals surface area contributed by atoms with Gasteiger partial charge in [0.15, 0.2) is 0 Å². The Labute approximate surface area is 152 Å². The van der Waals surface area contributed by atoms with Gasteiger partial charge in [0.05, 0.1) is 24.9 Å². The Morgan fingerprint density at radius 2 is 1.76 bits per heavy atom. The van der Waals surface area contributed by atoms with Crippen LogP contribution in [0.4, 0.5) is 8.78 Å². The minimum absolute atomic E-state index is 0.0831. The molecule has 0 fully saturated rings. The van der Waals surface area contributed by atoms with Gasteiger partial charge >= 0.3 is 6.61 Å². The highest BCUT2D eigenvalue weighted by atomic mass is 79.9. The van der Waals surface area contributed by atoms with E-state index in [1.807, 2.05) is 0 Å². The summed E-state index contributed by atoms with van der Waals surface area (Å²) in [6, 6.07) is 9.60. The SMILES string of the molecule is COc1cc(CO/N=C/c2ccc(OC(F)F)cc2)c(OC)cc1Br. The summed E-state index contributed by atoms with van der Waals surface area (Å²) in [6.07, 6.45) is 1.47. The smallest absolute Gasteiger partial charge is 0.387 e. The third kappa shape index (κ3) is 5.60. The molecule has 2 aromatic carbocycles. The molecule has 8 heteroatoms. The predicted molar refractivity (Wildman–Crippen MR) is 92.7 cm³/mol. The van der Waals surface area contributed by atoms with Crippen LogP contribution in [-0.2, 0) is 11.4 Å². The van der Waals surface area contributed by atoms with Crippen molar-refractivity contribution in [3.05, 3.63) is 52.0 Å². The molecule has 5 nitrogen and oxygen atoms in total. The largest absolute Gasteiger partial charge is 0.496 e. The van der Waals surface area contributed by atoms with E-state index in [0.717, 1.165) is 10.0 Å². The summed E-state index contributed by atoms with van der Waals surface area (Å²) in [7, 11) is 3.13. The highest BCUT2D eigenvalue weighted by molar-refractivity contribution is 9.10. The normalized spacial score (nSPS) is 11.0. The fraction of sp³-hybridized carbons (Fsp3) is 0.235. The molecule has 0 radical (unpaired) electrons. The predicted octanol–water partition coefficient (Wildman–Crippen LogP) is 4.62. The van der Waals surface area contributed by atoms with Gasteiger partial charge in [-0.2, -0.15) is 8.78 Å². The van der Waals surface area contributed by atoms with Crippen molar-refractivity contribution in [2.75, 3.05) is 14.2 Å². The van der Waals surface area contributed by atoms with Gasteiger partial charge in [-0.25, -0.2) is 0 Å². The molecular formula is C17H16BrF2NO4. The first-order chi connectivity index (χ1) is 12.0. The fourth-order valence-electron chi connectivity index (χ4n) is 1.98. The van der Waals surface area contributed by atoms with E-state index in [-0.39, 0.29) is 12.4 Å². The number of alkyl halides is 2. The Balaban J connectivity index is 1.97. The topological polar surface area (TPSA) is 49.3 Å². The summed E-state index contributed by atoms with van der Waals surface area (Å²) in [5, 5.41) is 3.86. The average Bonchev–Trinajstić information content (AvgIpc) is 2.60. The van der Waals surface area contributed by atoms with Crippen molar-refractivity contribution in [2.45, 2.75) is 13.2 Å². The second kappa shape index (κ2) is 9.22. The standard InChI is InChI=1S/C17H16BrF2NO4/c1-22-15-8-14(18)16(23-2)7-12(15)10-24-21-9-11-3-5-13(6-4-11)25-17(19)20/h3-9,17H,10H2,1-2H3/b21-9+. The van der Waals surface area contributed by atoms with Crippen LogP contribution in [0.5, 0.6) is 17.2 Å². The molecule has 0 amide bonds. The van der Waals surface area contributed by atoms with E-state index in [1.54, 1.807) is 38.5 Å². The first kappa shape index (κ1) is 19.0. The van der Waals surface area contributed by atoms with E-state index in [4.69, 9.17) is 14.3 Å². The van der Waals surface area contributed by atoms with E-state index < -0.39 is 6.61 Å². The highest BCUT2D eigenvalue weighted by Gasteiger charge is 2.10. The average molecular weight is 416 g/mol. The van der Waals surface area contributed by atoms with E-state index in [2.05, 4.69) is 25.8 Å². The van der Waals surface area contributed by atoms with Crippen LogP contribution >= 0.6 is 15.9 Å². The Hall–Kier alpha value is -2.35. The van der Waals surface area contributed by atoms with Crippen molar-refractivity contribution in [3.63, 3.8) is 0 Å². The van der Waals surface area contributed by atoms with Crippen LogP contribution < -0.4 is 14.2 Å². The number of oxime groups is 1. The molecule has 0 saturated carbocycles. The molecule has 0 N–H and O–H groups in total. The molecule has 0 bridgehead atoms. The molecule has 2 rings (SSSR count). The number of rotatable bonds is 8. The van der Waals surface area contributed by atoms with E-state index in [1.165, 1.54) is 18.3 Å². The third-order valence-electron chi connectivity index (χ3n) is 3.16. The van der Waals surface area contributed by atoms with Crippen LogP contribution in [0.3, 0.4) is 0 Å². The molecule has 0 saturated heterocycles. The van der Waals surface area contributed by atoms with E-state index >= 15 is 0 Å². The summed E-state index contributed by atoms with van der Waals surface area (Å²) in [5.41, 5.74) is 1.45. The lowest BCUT2D eigenvalue weighted by molar-refractivity contribution is -0.0498. The molecule has 0 aliphatic rings. The quantitative estimate of drug-likeness (QED) is 0.466. The van der Waals surface area contributed by atoms with Crippen molar-refractivity contribution < 1.29 is 27.8 Å². The molecule has 0 unspecified atom stereocenters. The minimum Gasteiger partial charge on any atom is -0.496 e. The van der Waals surface area contributed by atoms with Crippen molar-refractivity contribution in [3.8, 4) is 17.2 Å². The van der Waals surface area contributed by atoms with Crippen LogP contribution in [0, 0.1) is 0 Å². The van der Waals surface area contributed by atoms with Crippen molar-refractivity contribution in [1.29, 1.82) is 0 Å². The van der Waals surface area contributed by atoms with Gasteiger partial charge in [0.2, 0.25) is 0 Å². The lowest BCUT2D eigenvalue weighted by atomic mass is 10.2. The monoisotopic (exact) mass is 415 g/mol. The maximum atomic E-state index is 12.1. The summed E-state index contributed by atoms with van der Waals surface area (Å²) in [4.78, 5) is 5.27. The molecule has 134 valence electrons. The summed E-state index contributed by atoms with van der Waals surface area (Å²) in [5.74, 6) is 1.37. The van der Waals surface area contributed by atoms with Crippen LogP contribution in [0.15, 0.2) is 46.0 Å². The number of methoxy groups -OCH3 is 2. The summed E-state index contributed by atoms with van der Waals surface area (Å²) in [6.45, 7) is -2.67. The van der Waals surface area contributed by atoms with Gasteiger partial charge in [-0.3, -0.25) is 0 Å². The molecule has 0 atom stereocenters. The molecule has 2 aromatic rings.